The molecule has 2 N–H and O–H groups in total. The van der Waals surface area contributed by atoms with Crippen molar-refractivity contribution in [2.24, 2.45) is 4.99 Å². The second kappa shape index (κ2) is 8.22. The van der Waals surface area contributed by atoms with Crippen LogP contribution in [0.2, 0.25) is 0 Å². The van der Waals surface area contributed by atoms with Crippen LogP contribution in [0.4, 0.5) is 0 Å². The fourth-order valence-corrected chi connectivity index (χ4v) is 1.19. The molecular weight excluding hydrogens is 238 g/mol. The summed E-state index contributed by atoms with van der Waals surface area (Å²) in [5, 5.41) is 6.28. The first-order valence-corrected chi connectivity index (χ1v) is 6.74. The molecule has 100 valence electrons. The normalized spacial score (nSPS) is 12.2. The van der Waals surface area contributed by atoms with E-state index in [1.807, 2.05) is 0 Å². The van der Waals surface area contributed by atoms with Crippen molar-refractivity contribution in [3.05, 3.63) is 0 Å². The van der Waals surface area contributed by atoms with Gasteiger partial charge in [0.25, 0.3) is 0 Å². The van der Waals surface area contributed by atoms with Gasteiger partial charge in [-0.25, -0.2) is 0 Å². The molecule has 0 radical (unpaired) electrons. The minimum Gasteiger partial charge on any atom is -0.469 e. The molecule has 0 rings (SSSR count). The highest BCUT2D eigenvalue weighted by atomic mass is 32.2. The van der Waals surface area contributed by atoms with Gasteiger partial charge in [0.05, 0.1) is 13.5 Å². The van der Waals surface area contributed by atoms with Crippen LogP contribution in [0, 0.1) is 0 Å². The lowest BCUT2D eigenvalue weighted by molar-refractivity contribution is -0.140. The van der Waals surface area contributed by atoms with Gasteiger partial charge >= 0.3 is 5.97 Å². The molecule has 0 unspecified atom stereocenters. The van der Waals surface area contributed by atoms with E-state index in [-0.39, 0.29) is 10.7 Å². The highest BCUT2D eigenvalue weighted by molar-refractivity contribution is 7.99. The van der Waals surface area contributed by atoms with Crippen molar-refractivity contribution in [1.29, 1.82) is 0 Å². The van der Waals surface area contributed by atoms with Crippen LogP contribution in [0.15, 0.2) is 4.99 Å². The monoisotopic (exact) mass is 261 g/mol. The molecule has 0 spiro atoms. The molecule has 0 aliphatic rings. The number of nitrogens with zero attached hydrogens (tertiary/aromatic N) is 1. The zero-order chi connectivity index (χ0) is 13.3. The van der Waals surface area contributed by atoms with Crippen LogP contribution in [0.3, 0.4) is 0 Å². The Bertz CT molecular complexity index is 267. The summed E-state index contributed by atoms with van der Waals surface area (Å²) in [5.74, 6) is 0.480. The van der Waals surface area contributed by atoms with Crippen LogP contribution in [-0.4, -0.2) is 50.2 Å². The fraction of sp³-hybridized carbons (Fsp3) is 0.818. The van der Waals surface area contributed by atoms with Crippen LogP contribution in [0.5, 0.6) is 0 Å². The number of hydrogen-bond acceptors (Lipinski definition) is 4. The minimum atomic E-state index is -0.225. The molecule has 0 aromatic heterocycles. The van der Waals surface area contributed by atoms with Crippen LogP contribution in [-0.2, 0) is 9.53 Å². The fourth-order valence-electron chi connectivity index (χ4n) is 0.974. The molecule has 0 aliphatic heterocycles. The Kier molecular flexibility index (Phi) is 7.78. The van der Waals surface area contributed by atoms with E-state index in [0.717, 1.165) is 6.54 Å². The Labute approximate surface area is 108 Å². The van der Waals surface area contributed by atoms with Gasteiger partial charge in [-0.2, -0.15) is 11.8 Å². The number of nitrogens with one attached hydrogen (secondary N) is 2. The molecule has 5 nitrogen and oxygen atoms in total. The summed E-state index contributed by atoms with van der Waals surface area (Å²) >= 11 is 1.79. The third-order valence-electron chi connectivity index (χ3n) is 2.31. The maximum absolute atomic E-state index is 10.9. The first kappa shape index (κ1) is 16.1. The van der Waals surface area contributed by atoms with Crippen molar-refractivity contribution in [3.8, 4) is 0 Å². The second-order valence-corrected chi connectivity index (χ2v) is 5.66. The molecule has 0 saturated carbocycles. The number of ether oxygens (including phenoxy) is 1. The molecule has 17 heavy (non-hydrogen) atoms. The number of guanidine groups is 1. The number of hydrogen-bond donors (Lipinski definition) is 2. The Morgan fingerprint density at radius 3 is 2.53 bits per heavy atom. The largest absolute Gasteiger partial charge is 0.469 e. The van der Waals surface area contributed by atoms with E-state index in [1.165, 1.54) is 7.11 Å². The molecule has 0 amide bonds. The Balaban J connectivity index is 3.90. The summed E-state index contributed by atoms with van der Waals surface area (Å²) in [6.45, 7) is 5.65. The number of aliphatic imine (C=N–C) groups is 1. The van der Waals surface area contributed by atoms with Gasteiger partial charge in [0.2, 0.25) is 0 Å². The summed E-state index contributed by atoms with van der Waals surface area (Å²) in [7, 11) is 3.09. The van der Waals surface area contributed by atoms with E-state index in [0.29, 0.717) is 18.9 Å². The number of rotatable bonds is 6. The third-order valence-corrected chi connectivity index (χ3v) is 3.56. The maximum atomic E-state index is 10.9. The van der Waals surface area contributed by atoms with Crippen LogP contribution in [0.1, 0.15) is 20.3 Å². The van der Waals surface area contributed by atoms with E-state index in [1.54, 1.807) is 18.8 Å². The van der Waals surface area contributed by atoms with Gasteiger partial charge in [0.1, 0.15) is 0 Å². The van der Waals surface area contributed by atoms with Gasteiger partial charge in [0, 0.05) is 24.9 Å². The van der Waals surface area contributed by atoms with Gasteiger partial charge < -0.3 is 15.4 Å². The van der Waals surface area contributed by atoms with Gasteiger partial charge in [-0.3, -0.25) is 9.79 Å². The van der Waals surface area contributed by atoms with Crippen molar-refractivity contribution in [2.75, 3.05) is 33.5 Å². The van der Waals surface area contributed by atoms with E-state index in [2.05, 4.69) is 40.5 Å². The van der Waals surface area contributed by atoms with E-state index >= 15 is 0 Å². The summed E-state index contributed by atoms with van der Waals surface area (Å²) in [6.07, 6.45) is 2.41. The van der Waals surface area contributed by atoms with E-state index in [4.69, 9.17) is 0 Å². The average molecular weight is 261 g/mol. The highest BCUT2D eigenvalue weighted by Gasteiger charge is 2.15. The molecule has 0 aliphatic carbocycles. The standard InChI is InChI=1S/C11H23N3O2S/c1-11(2,17-5)8-14-10(12-3)13-7-6-9(15)16-4/h6-8H2,1-5H3,(H2,12,13,14). The quantitative estimate of drug-likeness (QED) is 0.422. The topological polar surface area (TPSA) is 62.7 Å². The minimum absolute atomic E-state index is 0.153. The average Bonchev–Trinajstić information content (AvgIpc) is 2.33. The highest BCUT2D eigenvalue weighted by Crippen LogP contribution is 2.19. The molecule has 0 saturated heterocycles. The van der Waals surface area contributed by atoms with Crippen LogP contribution >= 0.6 is 11.8 Å². The second-order valence-electron chi connectivity index (χ2n) is 4.14. The molecule has 0 aromatic rings. The first-order chi connectivity index (χ1) is 7.95. The summed E-state index contributed by atoms with van der Waals surface area (Å²) in [6, 6.07) is 0. The predicted molar refractivity (Wildman–Crippen MR) is 73.6 cm³/mol. The maximum Gasteiger partial charge on any atom is 0.307 e. The summed E-state index contributed by atoms with van der Waals surface area (Å²) in [5.41, 5.74) is 0. The van der Waals surface area contributed by atoms with Crippen molar-refractivity contribution >= 4 is 23.7 Å². The lowest BCUT2D eigenvalue weighted by Gasteiger charge is -2.23. The predicted octanol–water partition coefficient (Wildman–Crippen LogP) is 0.856. The third kappa shape index (κ3) is 7.90. The molecule has 0 fully saturated rings. The van der Waals surface area contributed by atoms with Gasteiger partial charge in [0.15, 0.2) is 5.96 Å². The zero-order valence-electron chi connectivity index (χ0n) is 11.3. The van der Waals surface area contributed by atoms with Gasteiger partial charge in [-0.1, -0.05) is 0 Å². The number of carbonyl (C=O) groups excluding carboxylic acids is 1. The van der Waals surface area contributed by atoms with Crippen molar-refractivity contribution in [3.63, 3.8) is 0 Å². The molecule has 0 bridgehead atoms. The Morgan fingerprint density at radius 2 is 2.06 bits per heavy atom. The Morgan fingerprint density at radius 1 is 1.41 bits per heavy atom. The van der Waals surface area contributed by atoms with Crippen LogP contribution < -0.4 is 10.6 Å². The summed E-state index contributed by atoms with van der Waals surface area (Å²) < 4.78 is 4.71. The van der Waals surface area contributed by atoms with Gasteiger partial charge in [-0.05, 0) is 20.1 Å². The Hall–Kier alpha value is -0.910. The number of thioether (sulfide) groups is 1. The molecule has 0 atom stereocenters. The summed E-state index contributed by atoms with van der Waals surface area (Å²) in [4.78, 5) is 15.0. The lowest BCUT2D eigenvalue weighted by atomic mass is 10.2. The number of esters is 1. The number of carbonyl (C=O) groups is 1. The molecule has 0 aromatic carbocycles. The molecular formula is C11H23N3O2S. The van der Waals surface area contributed by atoms with Crippen LogP contribution in [0.25, 0.3) is 0 Å². The van der Waals surface area contributed by atoms with Crippen molar-refractivity contribution in [1.82, 2.24) is 10.6 Å². The lowest BCUT2D eigenvalue weighted by Crippen LogP contribution is -2.43. The van der Waals surface area contributed by atoms with E-state index in [9.17, 15) is 4.79 Å². The number of methoxy groups -OCH3 is 1. The first-order valence-electron chi connectivity index (χ1n) is 5.51. The van der Waals surface area contributed by atoms with Crippen molar-refractivity contribution < 1.29 is 9.53 Å². The van der Waals surface area contributed by atoms with Crippen molar-refractivity contribution in [2.45, 2.75) is 25.0 Å². The SMILES string of the molecule is CN=C(NCCC(=O)OC)NCC(C)(C)SC. The molecule has 0 heterocycles. The molecule has 6 heteroatoms. The zero-order valence-corrected chi connectivity index (χ0v) is 12.1. The van der Waals surface area contributed by atoms with E-state index < -0.39 is 0 Å². The smallest absolute Gasteiger partial charge is 0.307 e. The van der Waals surface area contributed by atoms with Gasteiger partial charge in [-0.15, -0.1) is 0 Å².